The lowest BCUT2D eigenvalue weighted by Gasteiger charge is -2.14. The highest BCUT2D eigenvalue weighted by Crippen LogP contribution is 2.45. The summed E-state index contributed by atoms with van der Waals surface area (Å²) in [6.07, 6.45) is -8.66. The first-order chi connectivity index (χ1) is 20.2. The van der Waals surface area contributed by atoms with Crippen LogP contribution in [0, 0.1) is 19.7 Å². The average molecular weight is 622 g/mol. The Kier molecular flexibility index (Phi) is 6.69. The van der Waals surface area contributed by atoms with Crippen LogP contribution in [0.1, 0.15) is 22.7 Å². The van der Waals surface area contributed by atoms with Gasteiger partial charge in [0.05, 0.1) is 12.3 Å². The lowest BCUT2D eigenvalue weighted by atomic mass is 9.95. The maximum Gasteiger partial charge on any atom is 0.586 e. The van der Waals surface area contributed by atoms with Gasteiger partial charge in [-0.05, 0) is 60.0 Å². The molecule has 1 aliphatic heterocycles. The Balaban J connectivity index is 1.57. The number of nitrogens with zero attached hydrogens (tertiary/aromatic N) is 3. The van der Waals surface area contributed by atoms with Crippen LogP contribution in [0.2, 0.25) is 5.15 Å². The Hall–Kier alpha value is -4.49. The SMILES string of the molecule is Cc1nc(-c2cc(-c3cc(C)c(CO)c(F)c3)ccc2-n2nc(C(F)(F)F)cc2Cl)c(-c2ccc3c(c2)OC(F)(F)O3)o1. The quantitative estimate of drug-likeness (QED) is 0.200. The number of aryl methyl sites for hydroxylation is 2. The van der Waals surface area contributed by atoms with Gasteiger partial charge in [-0.25, -0.2) is 14.1 Å². The smallest absolute Gasteiger partial charge is 0.440 e. The van der Waals surface area contributed by atoms with Crippen molar-refractivity contribution in [1.82, 2.24) is 14.8 Å². The average Bonchev–Trinajstić information content (AvgIpc) is 3.60. The summed E-state index contributed by atoms with van der Waals surface area (Å²) in [6.45, 7) is 2.63. The summed E-state index contributed by atoms with van der Waals surface area (Å²) in [7, 11) is 0. The maximum atomic E-state index is 14.8. The number of rotatable bonds is 5. The van der Waals surface area contributed by atoms with E-state index in [2.05, 4.69) is 19.6 Å². The third kappa shape index (κ3) is 5.19. The van der Waals surface area contributed by atoms with E-state index in [0.29, 0.717) is 22.8 Å². The number of aliphatic hydroxyl groups is 1. The molecule has 5 aromatic rings. The first kappa shape index (κ1) is 28.6. The summed E-state index contributed by atoms with van der Waals surface area (Å²) < 4.78 is 98.4. The molecule has 0 radical (unpaired) electrons. The van der Waals surface area contributed by atoms with Crippen LogP contribution in [-0.2, 0) is 12.8 Å². The van der Waals surface area contributed by atoms with Gasteiger partial charge in [0, 0.05) is 29.7 Å². The van der Waals surface area contributed by atoms with Gasteiger partial charge in [-0.15, -0.1) is 8.78 Å². The van der Waals surface area contributed by atoms with E-state index in [-0.39, 0.29) is 56.4 Å². The van der Waals surface area contributed by atoms with E-state index in [4.69, 9.17) is 16.0 Å². The molecular weight excluding hydrogens is 604 g/mol. The molecule has 0 saturated carbocycles. The first-order valence-electron chi connectivity index (χ1n) is 12.5. The number of hydrogen-bond acceptors (Lipinski definition) is 6. The molecule has 0 atom stereocenters. The number of aromatic nitrogens is 3. The topological polar surface area (TPSA) is 82.5 Å². The van der Waals surface area contributed by atoms with Crippen molar-refractivity contribution in [3.05, 3.63) is 88.3 Å². The van der Waals surface area contributed by atoms with E-state index < -0.39 is 30.6 Å². The molecule has 2 aromatic heterocycles. The molecule has 3 heterocycles. The molecule has 43 heavy (non-hydrogen) atoms. The van der Waals surface area contributed by atoms with Crippen molar-refractivity contribution in [1.29, 1.82) is 0 Å². The van der Waals surface area contributed by atoms with Gasteiger partial charge in [-0.1, -0.05) is 23.7 Å². The highest BCUT2D eigenvalue weighted by molar-refractivity contribution is 6.30. The molecule has 14 heteroatoms. The van der Waals surface area contributed by atoms with E-state index in [1.165, 1.54) is 49.4 Å². The van der Waals surface area contributed by atoms with E-state index >= 15 is 0 Å². The van der Waals surface area contributed by atoms with Gasteiger partial charge in [0.1, 0.15) is 16.7 Å². The number of halogens is 7. The normalized spacial score (nSPS) is 14.0. The molecule has 0 aliphatic carbocycles. The molecule has 0 saturated heterocycles. The van der Waals surface area contributed by atoms with Gasteiger partial charge in [-0.2, -0.15) is 18.3 Å². The molecule has 1 N–H and O–H groups in total. The summed E-state index contributed by atoms with van der Waals surface area (Å²) in [5.74, 6) is -0.920. The lowest BCUT2D eigenvalue weighted by Crippen LogP contribution is -2.25. The van der Waals surface area contributed by atoms with Crippen LogP contribution in [0.15, 0.2) is 59.0 Å². The van der Waals surface area contributed by atoms with Gasteiger partial charge in [-0.3, -0.25) is 0 Å². The minimum atomic E-state index is -4.79. The van der Waals surface area contributed by atoms with Gasteiger partial charge < -0.3 is 19.0 Å². The molecule has 222 valence electrons. The number of benzene rings is 3. The van der Waals surface area contributed by atoms with Crippen LogP contribution >= 0.6 is 11.6 Å². The molecule has 0 bridgehead atoms. The molecule has 3 aromatic carbocycles. The lowest BCUT2D eigenvalue weighted by molar-refractivity contribution is -0.286. The van der Waals surface area contributed by atoms with Gasteiger partial charge in [0.25, 0.3) is 0 Å². The summed E-state index contributed by atoms with van der Waals surface area (Å²) in [5.41, 5.74) is 0.766. The summed E-state index contributed by atoms with van der Waals surface area (Å²) in [4.78, 5) is 4.45. The predicted molar refractivity (Wildman–Crippen MR) is 142 cm³/mol. The Morgan fingerprint density at radius 1 is 0.930 bits per heavy atom. The number of alkyl halides is 5. The standard InChI is InChI=1S/C29H18ClF6N3O4/c1-13-7-17(9-20(31)19(13)12-40)15-3-5-21(39-25(30)11-24(38-39)28(32,33)34)18(8-15)26-27(41-14(2)37-26)16-4-6-22-23(10-16)43-29(35,36)42-22/h3-11,40H,12H2,1-2H3. The second-order valence-corrected chi connectivity index (χ2v) is 10.0. The van der Waals surface area contributed by atoms with E-state index in [1.54, 1.807) is 13.0 Å². The van der Waals surface area contributed by atoms with Crippen LogP contribution < -0.4 is 9.47 Å². The van der Waals surface area contributed by atoms with Crippen LogP contribution in [0.5, 0.6) is 11.5 Å². The highest BCUT2D eigenvalue weighted by Gasteiger charge is 2.43. The van der Waals surface area contributed by atoms with Gasteiger partial charge >= 0.3 is 12.5 Å². The van der Waals surface area contributed by atoms with Crippen molar-refractivity contribution in [3.63, 3.8) is 0 Å². The minimum Gasteiger partial charge on any atom is -0.440 e. The fourth-order valence-electron chi connectivity index (χ4n) is 4.79. The van der Waals surface area contributed by atoms with Crippen molar-refractivity contribution < 1.29 is 45.3 Å². The monoisotopic (exact) mass is 621 g/mol. The zero-order chi connectivity index (χ0) is 30.8. The zero-order valence-corrected chi connectivity index (χ0v) is 22.8. The van der Waals surface area contributed by atoms with E-state index in [9.17, 15) is 31.4 Å². The Bertz CT molecular complexity index is 1880. The Morgan fingerprint density at radius 3 is 2.33 bits per heavy atom. The molecule has 7 nitrogen and oxygen atoms in total. The molecule has 1 aliphatic rings. The van der Waals surface area contributed by atoms with E-state index in [1.807, 2.05) is 0 Å². The van der Waals surface area contributed by atoms with Crippen LogP contribution in [-0.4, -0.2) is 26.2 Å². The van der Waals surface area contributed by atoms with Crippen LogP contribution in [0.25, 0.3) is 39.4 Å². The molecule has 6 rings (SSSR count). The van der Waals surface area contributed by atoms with Gasteiger partial charge in [0.2, 0.25) is 0 Å². The summed E-state index contributed by atoms with van der Waals surface area (Å²) in [5, 5.41) is 12.8. The number of hydrogen-bond donors (Lipinski definition) is 1. The highest BCUT2D eigenvalue weighted by atomic mass is 35.5. The fraction of sp³-hybridized carbons (Fsp3) is 0.172. The van der Waals surface area contributed by atoms with E-state index in [0.717, 1.165) is 4.68 Å². The number of fused-ring (bicyclic) bond motifs is 1. The summed E-state index contributed by atoms with van der Waals surface area (Å²) >= 11 is 6.21. The Morgan fingerprint density at radius 2 is 1.65 bits per heavy atom. The predicted octanol–water partition coefficient (Wildman–Crippen LogP) is 8.10. The zero-order valence-electron chi connectivity index (χ0n) is 22.1. The van der Waals surface area contributed by atoms with Crippen LogP contribution in [0.3, 0.4) is 0 Å². The van der Waals surface area contributed by atoms with Crippen LogP contribution in [0.4, 0.5) is 26.3 Å². The largest absolute Gasteiger partial charge is 0.586 e. The van der Waals surface area contributed by atoms with Crippen molar-refractivity contribution in [2.75, 3.05) is 0 Å². The number of aliphatic hydroxyl groups excluding tert-OH is 1. The van der Waals surface area contributed by atoms with Crippen molar-refractivity contribution in [3.8, 4) is 50.9 Å². The first-order valence-corrected chi connectivity index (χ1v) is 12.9. The second-order valence-electron chi connectivity index (χ2n) is 9.65. The van der Waals surface area contributed by atoms with Crippen molar-refractivity contribution >= 4 is 11.6 Å². The number of oxazole rings is 1. The molecule has 0 spiro atoms. The second kappa shape index (κ2) is 10.1. The molecule has 0 amide bonds. The molecule has 0 unspecified atom stereocenters. The van der Waals surface area contributed by atoms with Gasteiger partial charge in [0.15, 0.2) is 28.8 Å². The maximum absolute atomic E-state index is 14.8. The fourth-order valence-corrected chi connectivity index (χ4v) is 5.02. The Labute approximate surface area is 243 Å². The third-order valence-corrected chi connectivity index (χ3v) is 7.01. The van der Waals surface area contributed by atoms with Crippen molar-refractivity contribution in [2.45, 2.75) is 32.9 Å². The number of ether oxygens (including phenoxy) is 2. The van der Waals surface area contributed by atoms with Crippen molar-refractivity contribution in [2.24, 2.45) is 0 Å². The summed E-state index contributed by atoms with van der Waals surface area (Å²) in [6, 6.07) is 11.9. The molecular formula is C29H18ClF6N3O4. The minimum absolute atomic E-state index is 0.0647. The molecule has 0 fully saturated rings. The third-order valence-electron chi connectivity index (χ3n) is 6.74.